The van der Waals surface area contributed by atoms with Crippen molar-refractivity contribution in [3.05, 3.63) is 24.3 Å². The molecule has 7 nitrogen and oxygen atoms in total. The molecule has 2 N–H and O–H groups in total. The molecule has 0 aromatic heterocycles. The van der Waals surface area contributed by atoms with E-state index in [1.165, 1.54) is 4.90 Å². The minimum absolute atomic E-state index is 0.0243. The van der Waals surface area contributed by atoms with E-state index in [9.17, 15) is 9.59 Å². The molecule has 0 saturated carbocycles. The molecule has 2 rings (SSSR count). The Morgan fingerprint density at radius 2 is 1.80 bits per heavy atom. The van der Waals surface area contributed by atoms with Gasteiger partial charge in [-0.1, -0.05) is 0 Å². The van der Waals surface area contributed by atoms with Gasteiger partial charge >= 0.3 is 6.09 Å². The van der Waals surface area contributed by atoms with Crippen LogP contribution in [-0.2, 0) is 9.53 Å². The zero-order valence-corrected chi connectivity index (χ0v) is 15.2. The third-order valence-electron chi connectivity index (χ3n) is 4.37. The molecule has 1 fully saturated rings. The number of carbonyl (C=O) groups excluding carboxylic acids is 2. The van der Waals surface area contributed by atoms with E-state index in [0.717, 1.165) is 24.5 Å². The van der Waals surface area contributed by atoms with Crippen LogP contribution in [0.15, 0.2) is 24.3 Å². The van der Waals surface area contributed by atoms with Gasteiger partial charge in [0.25, 0.3) is 5.91 Å². The van der Waals surface area contributed by atoms with Crippen molar-refractivity contribution >= 4 is 17.7 Å². The molecule has 1 aliphatic heterocycles. The zero-order valence-electron chi connectivity index (χ0n) is 15.2. The maximum atomic E-state index is 12.5. The second-order valence-corrected chi connectivity index (χ2v) is 6.01. The topological polar surface area (TPSA) is 72.3 Å². The van der Waals surface area contributed by atoms with E-state index in [4.69, 9.17) is 9.47 Å². The van der Waals surface area contributed by atoms with Crippen LogP contribution in [0.3, 0.4) is 0 Å². The van der Waals surface area contributed by atoms with Gasteiger partial charge in [0.05, 0.1) is 39.4 Å². The molecule has 0 radical (unpaired) electrons. The molecule has 0 bridgehead atoms. The van der Waals surface area contributed by atoms with E-state index in [0.29, 0.717) is 26.3 Å². The molecule has 0 aliphatic carbocycles. The number of hydrogen-bond acceptors (Lipinski definition) is 4. The molecule has 25 heavy (non-hydrogen) atoms. The second-order valence-electron chi connectivity index (χ2n) is 6.01. The number of rotatable bonds is 6. The molecule has 138 valence electrons. The summed E-state index contributed by atoms with van der Waals surface area (Å²) in [6.45, 7) is 9.32. The number of quaternary nitrogens is 1. The summed E-state index contributed by atoms with van der Waals surface area (Å²) < 4.78 is 10.4. The summed E-state index contributed by atoms with van der Waals surface area (Å²) in [5.41, 5.74) is 0.755. The molecule has 1 aliphatic rings. The summed E-state index contributed by atoms with van der Waals surface area (Å²) in [5, 5.41) is 2.94. The summed E-state index contributed by atoms with van der Waals surface area (Å²) in [7, 11) is 0. The molecular weight excluding hydrogens is 322 g/mol. The molecule has 1 aromatic rings. The first-order chi connectivity index (χ1) is 12.0. The maximum Gasteiger partial charge on any atom is 0.410 e. The normalized spacial score (nSPS) is 16.2. The minimum atomic E-state index is -0.270. The lowest BCUT2D eigenvalue weighted by atomic mass is 10.2. The van der Waals surface area contributed by atoms with Crippen molar-refractivity contribution in [2.24, 2.45) is 0 Å². The van der Waals surface area contributed by atoms with Gasteiger partial charge in [0, 0.05) is 5.69 Å². The highest BCUT2D eigenvalue weighted by Crippen LogP contribution is 2.15. The smallest absolute Gasteiger partial charge is 0.410 e. The van der Waals surface area contributed by atoms with E-state index in [2.05, 4.69) is 5.32 Å². The van der Waals surface area contributed by atoms with Gasteiger partial charge in [0.2, 0.25) is 0 Å². The van der Waals surface area contributed by atoms with Crippen molar-refractivity contribution in [1.29, 1.82) is 0 Å². The van der Waals surface area contributed by atoms with Gasteiger partial charge in [0.15, 0.2) is 6.04 Å². The zero-order chi connectivity index (χ0) is 18.2. The first-order valence-electron chi connectivity index (χ1n) is 8.85. The molecule has 1 aromatic carbocycles. The first kappa shape index (κ1) is 19.1. The Bertz CT molecular complexity index is 568. The van der Waals surface area contributed by atoms with Gasteiger partial charge in [-0.2, -0.15) is 0 Å². The number of piperazine rings is 1. The highest BCUT2D eigenvalue weighted by molar-refractivity contribution is 5.93. The summed E-state index contributed by atoms with van der Waals surface area (Å²) in [6, 6.07) is 7.17. The van der Waals surface area contributed by atoms with Gasteiger partial charge in [-0.05, 0) is 45.0 Å². The fourth-order valence-electron chi connectivity index (χ4n) is 2.86. The average Bonchev–Trinajstić information content (AvgIpc) is 2.63. The van der Waals surface area contributed by atoms with E-state index in [1.807, 2.05) is 38.1 Å². The van der Waals surface area contributed by atoms with Gasteiger partial charge in [-0.25, -0.2) is 4.79 Å². The number of benzene rings is 1. The lowest BCUT2D eigenvalue weighted by molar-refractivity contribution is -0.917. The second kappa shape index (κ2) is 9.27. The molecule has 0 spiro atoms. The van der Waals surface area contributed by atoms with Crippen LogP contribution in [0.1, 0.15) is 20.8 Å². The van der Waals surface area contributed by atoms with Gasteiger partial charge in [-0.3, -0.25) is 9.69 Å². The van der Waals surface area contributed by atoms with Gasteiger partial charge in [0.1, 0.15) is 5.75 Å². The van der Waals surface area contributed by atoms with Gasteiger partial charge < -0.3 is 19.7 Å². The molecule has 1 atom stereocenters. The number of hydrogen-bond donors (Lipinski definition) is 2. The summed E-state index contributed by atoms with van der Waals surface area (Å²) in [4.78, 5) is 27.1. The van der Waals surface area contributed by atoms with Crippen molar-refractivity contribution in [2.45, 2.75) is 26.8 Å². The van der Waals surface area contributed by atoms with Crippen LogP contribution >= 0.6 is 0 Å². The quantitative estimate of drug-likeness (QED) is 0.795. The van der Waals surface area contributed by atoms with Gasteiger partial charge in [-0.15, -0.1) is 0 Å². The summed E-state index contributed by atoms with van der Waals surface area (Å²) in [5.74, 6) is 0.762. The van der Waals surface area contributed by atoms with E-state index < -0.39 is 0 Å². The lowest BCUT2D eigenvalue weighted by Gasteiger charge is -2.34. The monoisotopic (exact) mass is 350 g/mol. The maximum absolute atomic E-state index is 12.5. The Morgan fingerprint density at radius 1 is 1.16 bits per heavy atom. The van der Waals surface area contributed by atoms with Crippen molar-refractivity contribution < 1.29 is 24.0 Å². The van der Waals surface area contributed by atoms with Crippen LogP contribution < -0.4 is 15.0 Å². The highest BCUT2D eigenvalue weighted by Gasteiger charge is 2.31. The van der Waals surface area contributed by atoms with Crippen LogP contribution in [0, 0.1) is 0 Å². The fourth-order valence-corrected chi connectivity index (χ4v) is 2.86. The first-order valence-corrected chi connectivity index (χ1v) is 8.85. The van der Waals surface area contributed by atoms with Crippen LogP contribution in [0.25, 0.3) is 0 Å². The van der Waals surface area contributed by atoms with Crippen molar-refractivity contribution in [3.63, 3.8) is 0 Å². The molecule has 2 amide bonds. The number of carbonyl (C=O) groups is 2. The molecule has 7 heteroatoms. The Labute approximate surface area is 148 Å². The molecule has 1 heterocycles. The summed E-state index contributed by atoms with van der Waals surface area (Å²) in [6.07, 6.45) is -0.270. The van der Waals surface area contributed by atoms with Crippen molar-refractivity contribution in [1.82, 2.24) is 4.90 Å². The Kier molecular flexibility index (Phi) is 7.06. The number of amides is 2. The largest absolute Gasteiger partial charge is 0.494 e. The standard InChI is InChI=1S/C18H27N3O4/c1-4-24-16-8-6-15(7-9-16)19-17(22)14(3)20-10-12-21(13-11-20)18(23)25-5-2/h6-9,14H,4-5,10-13H2,1-3H3,(H,19,22)/p+1/t14-/m0/s1. The van der Waals surface area contributed by atoms with E-state index >= 15 is 0 Å². The number of ether oxygens (including phenoxy) is 2. The van der Waals surface area contributed by atoms with E-state index in [1.54, 1.807) is 11.8 Å². The van der Waals surface area contributed by atoms with Crippen LogP contribution in [0.4, 0.5) is 10.5 Å². The van der Waals surface area contributed by atoms with Crippen molar-refractivity contribution in [2.75, 3.05) is 44.7 Å². The molecule has 0 unspecified atom stereocenters. The van der Waals surface area contributed by atoms with E-state index in [-0.39, 0.29) is 18.0 Å². The minimum Gasteiger partial charge on any atom is -0.494 e. The van der Waals surface area contributed by atoms with Crippen LogP contribution in [0.2, 0.25) is 0 Å². The summed E-state index contributed by atoms with van der Waals surface area (Å²) >= 11 is 0. The SMILES string of the molecule is CCOC(=O)N1CC[NH+]([C@@H](C)C(=O)Nc2ccc(OCC)cc2)CC1. The van der Waals surface area contributed by atoms with Crippen LogP contribution in [0.5, 0.6) is 5.75 Å². The third kappa shape index (κ3) is 5.35. The number of anilines is 1. The lowest BCUT2D eigenvalue weighted by Crippen LogP contribution is -3.19. The molecule has 1 saturated heterocycles. The molecular formula is C18H28N3O4+. The Morgan fingerprint density at radius 3 is 2.36 bits per heavy atom. The average molecular weight is 350 g/mol. The Balaban J connectivity index is 1.83. The van der Waals surface area contributed by atoms with Crippen LogP contribution in [-0.4, -0.2) is 62.3 Å². The fraction of sp³-hybridized carbons (Fsp3) is 0.556. The predicted octanol–water partition coefficient (Wildman–Crippen LogP) is 0.769. The number of nitrogens with one attached hydrogen (secondary N) is 2. The Hall–Kier alpha value is -2.28. The number of nitrogens with zero attached hydrogens (tertiary/aromatic N) is 1. The predicted molar refractivity (Wildman–Crippen MR) is 95.0 cm³/mol. The third-order valence-corrected chi connectivity index (χ3v) is 4.37. The van der Waals surface area contributed by atoms with Crippen molar-refractivity contribution in [3.8, 4) is 5.75 Å². The highest BCUT2D eigenvalue weighted by atomic mass is 16.6.